The number of nitrogens with two attached hydrogens (primary N) is 1. The average Bonchev–Trinajstić information content (AvgIpc) is 2.76. The lowest BCUT2D eigenvalue weighted by atomic mass is 10.1. The molecule has 0 atom stereocenters. The maximum atomic E-state index is 5.51. The fourth-order valence-electron chi connectivity index (χ4n) is 1.38. The van der Waals surface area contributed by atoms with Gasteiger partial charge in [0.05, 0.1) is 5.69 Å². The molecule has 0 amide bonds. The molecule has 0 aliphatic rings. The van der Waals surface area contributed by atoms with Crippen molar-refractivity contribution >= 4 is 11.3 Å². The van der Waals surface area contributed by atoms with Gasteiger partial charge in [0.1, 0.15) is 5.01 Å². The van der Waals surface area contributed by atoms with Crippen molar-refractivity contribution in [3.8, 4) is 0 Å². The summed E-state index contributed by atoms with van der Waals surface area (Å²) in [5.74, 6) is 0. The number of aryl methyl sites for hydroxylation is 2. The van der Waals surface area contributed by atoms with Gasteiger partial charge < -0.3 is 5.73 Å². The standard InChI is InChI=1S/C11H13N3S/c12-6-11-14-10(8-15-11)4-3-9-2-1-5-13-7-9/h1-2,5,7-8H,3-4,6,12H2. The van der Waals surface area contributed by atoms with Crippen LogP contribution in [0.5, 0.6) is 0 Å². The van der Waals surface area contributed by atoms with E-state index >= 15 is 0 Å². The average molecular weight is 219 g/mol. The maximum absolute atomic E-state index is 5.51. The van der Waals surface area contributed by atoms with E-state index in [2.05, 4.69) is 21.4 Å². The van der Waals surface area contributed by atoms with E-state index in [1.165, 1.54) is 5.56 Å². The first-order valence-corrected chi connectivity index (χ1v) is 5.78. The van der Waals surface area contributed by atoms with Crippen LogP contribution >= 0.6 is 11.3 Å². The van der Waals surface area contributed by atoms with Crippen LogP contribution in [0.25, 0.3) is 0 Å². The summed E-state index contributed by atoms with van der Waals surface area (Å²) in [6, 6.07) is 4.05. The second-order valence-electron chi connectivity index (χ2n) is 3.30. The van der Waals surface area contributed by atoms with Crippen molar-refractivity contribution < 1.29 is 0 Å². The van der Waals surface area contributed by atoms with Crippen LogP contribution in [-0.2, 0) is 19.4 Å². The predicted octanol–water partition coefficient (Wildman–Crippen LogP) is 1.78. The molecule has 0 aromatic carbocycles. The lowest BCUT2D eigenvalue weighted by Crippen LogP contribution is -1.97. The molecule has 0 saturated carbocycles. The Bertz CT molecular complexity index is 411. The Kier molecular flexibility index (Phi) is 3.42. The molecule has 2 aromatic heterocycles. The highest BCUT2D eigenvalue weighted by Crippen LogP contribution is 2.11. The Hall–Kier alpha value is -1.26. The van der Waals surface area contributed by atoms with E-state index in [4.69, 9.17) is 5.73 Å². The second-order valence-corrected chi connectivity index (χ2v) is 4.24. The zero-order chi connectivity index (χ0) is 10.5. The summed E-state index contributed by atoms with van der Waals surface area (Å²) in [7, 11) is 0. The molecule has 0 fully saturated rings. The van der Waals surface area contributed by atoms with E-state index in [-0.39, 0.29) is 0 Å². The summed E-state index contributed by atoms with van der Waals surface area (Å²) in [5, 5.41) is 3.09. The molecule has 3 nitrogen and oxygen atoms in total. The summed E-state index contributed by atoms with van der Waals surface area (Å²) in [6.45, 7) is 0.539. The van der Waals surface area contributed by atoms with E-state index in [1.807, 2.05) is 12.3 Å². The first-order valence-electron chi connectivity index (χ1n) is 4.91. The highest BCUT2D eigenvalue weighted by molar-refractivity contribution is 7.09. The molecule has 2 N–H and O–H groups in total. The van der Waals surface area contributed by atoms with E-state index in [1.54, 1.807) is 17.5 Å². The maximum Gasteiger partial charge on any atom is 0.106 e. The van der Waals surface area contributed by atoms with Crippen molar-refractivity contribution in [2.75, 3.05) is 0 Å². The molecule has 78 valence electrons. The van der Waals surface area contributed by atoms with Crippen molar-refractivity contribution in [3.63, 3.8) is 0 Å². The lowest BCUT2D eigenvalue weighted by molar-refractivity contribution is 0.899. The summed E-state index contributed by atoms with van der Waals surface area (Å²) in [4.78, 5) is 8.50. The van der Waals surface area contributed by atoms with Crippen LogP contribution in [0.15, 0.2) is 29.9 Å². The van der Waals surface area contributed by atoms with Gasteiger partial charge in [0.25, 0.3) is 0 Å². The van der Waals surface area contributed by atoms with Crippen molar-refractivity contribution in [2.24, 2.45) is 5.73 Å². The second kappa shape index (κ2) is 5.00. The molecule has 0 unspecified atom stereocenters. The minimum Gasteiger partial charge on any atom is -0.325 e. The fourth-order valence-corrected chi connectivity index (χ4v) is 2.08. The molecule has 2 heterocycles. The topological polar surface area (TPSA) is 51.8 Å². The molecule has 2 rings (SSSR count). The van der Waals surface area contributed by atoms with Crippen LogP contribution in [-0.4, -0.2) is 9.97 Å². The zero-order valence-corrected chi connectivity index (χ0v) is 9.20. The summed E-state index contributed by atoms with van der Waals surface area (Å²) in [5.41, 5.74) is 7.89. The zero-order valence-electron chi connectivity index (χ0n) is 8.39. The number of hydrogen-bond acceptors (Lipinski definition) is 4. The van der Waals surface area contributed by atoms with Gasteiger partial charge in [-0.15, -0.1) is 11.3 Å². The molecule has 0 spiro atoms. The number of hydrogen-bond donors (Lipinski definition) is 1. The first-order chi connectivity index (χ1) is 7.38. The number of thiazole rings is 1. The van der Waals surface area contributed by atoms with Gasteiger partial charge in [0, 0.05) is 24.3 Å². The smallest absolute Gasteiger partial charge is 0.106 e. The van der Waals surface area contributed by atoms with Gasteiger partial charge in [-0.25, -0.2) is 4.98 Å². The van der Waals surface area contributed by atoms with Crippen LogP contribution in [0.3, 0.4) is 0 Å². The monoisotopic (exact) mass is 219 g/mol. The van der Waals surface area contributed by atoms with Crippen LogP contribution in [0.1, 0.15) is 16.3 Å². The van der Waals surface area contributed by atoms with Crippen molar-refractivity contribution in [1.82, 2.24) is 9.97 Å². The molecular formula is C11H13N3S. The van der Waals surface area contributed by atoms with E-state index in [9.17, 15) is 0 Å². The van der Waals surface area contributed by atoms with Gasteiger partial charge in [0.15, 0.2) is 0 Å². The highest BCUT2D eigenvalue weighted by atomic mass is 32.1. The SMILES string of the molecule is NCc1nc(CCc2cccnc2)cs1. The van der Waals surface area contributed by atoms with Gasteiger partial charge >= 0.3 is 0 Å². The third-order valence-corrected chi connectivity index (χ3v) is 3.09. The minimum absolute atomic E-state index is 0.539. The van der Waals surface area contributed by atoms with Gasteiger partial charge in [0.2, 0.25) is 0 Å². The lowest BCUT2D eigenvalue weighted by Gasteiger charge is -1.97. The molecule has 0 aliphatic carbocycles. The van der Waals surface area contributed by atoms with Gasteiger partial charge in [-0.05, 0) is 24.5 Å². The third-order valence-electron chi connectivity index (χ3n) is 2.17. The molecule has 2 aromatic rings. The largest absolute Gasteiger partial charge is 0.325 e. The Labute approximate surface area is 93.0 Å². The van der Waals surface area contributed by atoms with E-state index in [0.717, 1.165) is 23.5 Å². The van der Waals surface area contributed by atoms with Crippen LogP contribution in [0.2, 0.25) is 0 Å². The number of nitrogens with zero attached hydrogens (tertiary/aromatic N) is 2. The fraction of sp³-hybridized carbons (Fsp3) is 0.273. The Balaban J connectivity index is 1.93. The van der Waals surface area contributed by atoms with Crippen LogP contribution in [0.4, 0.5) is 0 Å². The predicted molar refractivity (Wildman–Crippen MR) is 61.7 cm³/mol. The molecule has 0 aliphatic heterocycles. The van der Waals surface area contributed by atoms with Gasteiger partial charge in [-0.2, -0.15) is 0 Å². The summed E-state index contributed by atoms with van der Waals surface area (Å²) >= 11 is 1.63. The summed E-state index contributed by atoms with van der Waals surface area (Å²) in [6.07, 6.45) is 5.64. The number of pyridine rings is 1. The summed E-state index contributed by atoms with van der Waals surface area (Å²) < 4.78 is 0. The Morgan fingerprint density at radius 3 is 2.93 bits per heavy atom. The van der Waals surface area contributed by atoms with Gasteiger partial charge in [-0.1, -0.05) is 6.07 Å². The van der Waals surface area contributed by atoms with Crippen molar-refractivity contribution in [1.29, 1.82) is 0 Å². The molecule has 0 saturated heterocycles. The van der Waals surface area contributed by atoms with Crippen molar-refractivity contribution in [2.45, 2.75) is 19.4 Å². The third kappa shape index (κ3) is 2.84. The normalized spacial score (nSPS) is 10.5. The van der Waals surface area contributed by atoms with E-state index in [0.29, 0.717) is 6.54 Å². The minimum atomic E-state index is 0.539. The molecule has 4 heteroatoms. The van der Waals surface area contributed by atoms with Crippen molar-refractivity contribution in [3.05, 3.63) is 46.2 Å². The number of rotatable bonds is 4. The Morgan fingerprint density at radius 2 is 2.27 bits per heavy atom. The highest BCUT2D eigenvalue weighted by Gasteiger charge is 2.00. The first kappa shape index (κ1) is 10.3. The molecule has 0 bridgehead atoms. The number of aromatic nitrogens is 2. The Morgan fingerprint density at radius 1 is 1.33 bits per heavy atom. The van der Waals surface area contributed by atoms with Crippen LogP contribution in [0, 0.1) is 0 Å². The quantitative estimate of drug-likeness (QED) is 0.852. The van der Waals surface area contributed by atoms with Crippen LogP contribution < -0.4 is 5.73 Å². The molecule has 0 radical (unpaired) electrons. The molecular weight excluding hydrogens is 206 g/mol. The van der Waals surface area contributed by atoms with Gasteiger partial charge in [-0.3, -0.25) is 4.98 Å². The van der Waals surface area contributed by atoms with E-state index < -0.39 is 0 Å². The molecule has 15 heavy (non-hydrogen) atoms.